The normalized spacial score (nSPS) is 10.0. The van der Waals surface area contributed by atoms with Crippen molar-refractivity contribution in [1.82, 2.24) is 10.9 Å². The molecule has 2 aromatic rings. The van der Waals surface area contributed by atoms with E-state index in [1.807, 2.05) is 12.1 Å². The van der Waals surface area contributed by atoms with Gasteiger partial charge in [0, 0.05) is 3.57 Å². The Labute approximate surface area is 135 Å². The van der Waals surface area contributed by atoms with E-state index in [2.05, 4.69) is 49.4 Å². The van der Waals surface area contributed by atoms with Gasteiger partial charge in [-0.3, -0.25) is 20.4 Å². The van der Waals surface area contributed by atoms with Gasteiger partial charge < -0.3 is 0 Å². The van der Waals surface area contributed by atoms with Crippen molar-refractivity contribution in [3.63, 3.8) is 0 Å². The van der Waals surface area contributed by atoms with Gasteiger partial charge in [0.25, 0.3) is 11.8 Å². The second-order valence-electron chi connectivity index (χ2n) is 3.49. The number of carbonyl (C=O) groups is 2. The molecule has 0 radical (unpaired) electrons. The topological polar surface area (TPSA) is 58.2 Å². The van der Waals surface area contributed by atoms with Crippen molar-refractivity contribution in [2.75, 3.05) is 0 Å². The largest absolute Gasteiger partial charge is 0.279 e. The lowest BCUT2D eigenvalue weighted by Gasteiger charge is -2.07. The van der Waals surface area contributed by atoms with Gasteiger partial charge in [-0.25, -0.2) is 0 Å². The van der Waals surface area contributed by atoms with E-state index in [1.165, 1.54) is 11.3 Å². The molecule has 1 heterocycles. The van der Waals surface area contributed by atoms with Crippen LogP contribution in [0.1, 0.15) is 20.0 Å². The molecular weight excluding hydrogens is 443 g/mol. The maximum absolute atomic E-state index is 11.9. The molecule has 2 amide bonds. The maximum Gasteiger partial charge on any atom is 0.279 e. The highest BCUT2D eigenvalue weighted by molar-refractivity contribution is 14.1. The summed E-state index contributed by atoms with van der Waals surface area (Å²) in [7, 11) is 0. The van der Waals surface area contributed by atoms with Crippen LogP contribution < -0.4 is 10.9 Å². The molecule has 0 aliphatic carbocycles. The van der Waals surface area contributed by atoms with Gasteiger partial charge in [0.15, 0.2) is 0 Å². The zero-order valence-electron chi connectivity index (χ0n) is 9.44. The molecule has 1 aromatic heterocycles. The van der Waals surface area contributed by atoms with Gasteiger partial charge >= 0.3 is 0 Å². The van der Waals surface area contributed by atoms with Crippen LogP contribution in [0.4, 0.5) is 0 Å². The summed E-state index contributed by atoms with van der Waals surface area (Å²) in [4.78, 5) is 24.1. The van der Waals surface area contributed by atoms with E-state index >= 15 is 0 Å². The van der Waals surface area contributed by atoms with Crippen LogP contribution >= 0.6 is 49.9 Å². The van der Waals surface area contributed by atoms with Crippen LogP contribution in [0, 0.1) is 3.57 Å². The maximum atomic E-state index is 11.9. The van der Waals surface area contributed by atoms with E-state index in [0.717, 1.165) is 7.36 Å². The number of rotatable bonds is 2. The van der Waals surface area contributed by atoms with Crippen LogP contribution in [0.3, 0.4) is 0 Å². The molecule has 2 N–H and O–H groups in total. The number of halogens is 2. The second kappa shape index (κ2) is 6.49. The molecule has 0 atom stereocenters. The molecule has 98 valence electrons. The van der Waals surface area contributed by atoms with Crippen LogP contribution in [-0.4, -0.2) is 11.8 Å². The summed E-state index contributed by atoms with van der Waals surface area (Å²) in [5, 5.41) is 0. The van der Waals surface area contributed by atoms with Crippen LogP contribution in [0.15, 0.2) is 40.2 Å². The minimum absolute atomic E-state index is 0.338. The lowest BCUT2D eigenvalue weighted by Crippen LogP contribution is -2.41. The Bertz CT molecular complexity index is 630. The smallest absolute Gasteiger partial charge is 0.267 e. The average molecular weight is 451 g/mol. The Morgan fingerprint density at radius 3 is 2.37 bits per heavy atom. The highest BCUT2D eigenvalue weighted by Gasteiger charge is 2.12. The molecule has 1 aromatic carbocycles. The summed E-state index contributed by atoms with van der Waals surface area (Å²) < 4.78 is 1.69. The second-order valence-corrected chi connectivity index (χ2v) is 7.12. The van der Waals surface area contributed by atoms with E-state index < -0.39 is 0 Å². The summed E-state index contributed by atoms with van der Waals surface area (Å²) in [6, 6.07) is 10.6. The molecule has 0 fully saturated rings. The van der Waals surface area contributed by atoms with E-state index in [-0.39, 0.29) is 11.8 Å². The quantitative estimate of drug-likeness (QED) is 0.545. The summed E-state index contributed by atoms with van der Waals surface area (Å²) in [6.45, 7) is 0. The molecule has 19 heavy (non-hydrogen) atoms. The Balaban J connectivity index is 1.98. The Hall–Kier alpha value is -0.930. The van der Waals surface area contributed by atoms with Crippen molar-refractivity contribution in [2.45, 2.75) is 0 Å². The van der Waals surface area contributed by atoms with Gasteiger partial charge in [0.1, 0.15) is 0 Å². The standard InChI is InChI=1S/C12H8BrIN2O2S/c13-10-6-5-9(19-10)12(18)16-15-11(17)7-3-1-2-4-8(7)14/h1-6H,(H,15,17)(H,16,18). The molecule has 0 unspecified atom stereocenters. The first-order chi connectivity index (χ1) is 9.08. The van der Waals surface area contributed by atoms with Crippen LogP contribution in [0.2, 0.25) is 0 Å². The first-order valence-corrected chi connectivity index (χ1v) is 7.87. The minimum Gasteiger partial charge on any atom is -0.267 e. The van der Waals surface area contributed by atoms with Crippen molar-refractivity contribution in [1.29, 1.82) is 0 Å². The third-order valence-electron chi connectivity index (χ3n) is 2.21. The first-order valence-electron chi connectivity index (χ1n) is 5.18. The van der Waals surface area contributed by atoms with Crippen LogP contribution in [0.5, 0.6) is 0 Å². The molecular formula is C12H8BrIN2O2S. The van der Waals surface area contributed by atoms with Crippen molar-refractivity contribution < 1.29 is 9.59 Å². The molecule has 0 bridgehead atoms. The molecule has 0 aliphatic rings. The zero-order chi connectivity index (χ0) is 13.8. The molecule has 0 spiro atoms. The Kier molecular flexibility index (Phi) is 4.94. The Morgan fingerprint density at radius 1 is 1.05 bits per heavy atom. The van der Waals surface area contributed by atoms with Gasteiger partial charge in [0.2, 0.25) is 0 Å². The molecule has 0 aliphatic heterocycles. The predicted molar refractivity (Wildman–Crippen MR) is 86.1 cm³/mol. The van der Waals surface area contributed by atoms with E-state index in [0.29, 0.717) is 10.4 Å². The SMILES string of the molecule is O=C(NNC(=O)c1ccccc1I)c1ccc(Br)s1. The number of amides is 2. The minimum atomic E-state index is -0.339. The van der Waals surface area contributed by atoms with Gasteiger partial charge in [-0.15, -0.1) is 11.3 Å². The summed E-state index contributed by atoms with van der Waals surface area (Å²) in [5.41, 5.74) is 5.30. The number of nitrogens with one attached hydrogen (secondary N) is 2. The molecule has 7 heteroatoms. The van der Waals surface area contributed by atoms with Crippen molar-refractivity contribution in [3.8, 4) is 0 Å². The molecule has 4 nitrogen and oxygen atoms in total. The lowest BCUT2D eigenvalue weighted by atomic mass is 10.2. The number of carbonyl (C=O) groups excluding carboxylic acids is 2. The fourth-order valence-corrected chi connectivity index (χ4v) is 3.24. The third kappa shape index (κ3) is 3.77. The van der Waals surface area contributed by atoms with Gasteiger partial charge in [-0.2, -0.15) is 0 Å². The monoisotopic (exact) mass is 450 g/mol. The zero-order valence-corrected chi connectivity index (χ0v) is 14.0. The summed E-state index contributed by atoms with van der Waals surface area (Å²) in [5.74, 6) is -0.677. The Morgan fingerprint density at radius 2 is 1.74 bits per heavy atom. The van der Waals surface area contributed by atoms with Crippen LogP contribution in [-0.2, 0) is 0 Å². The lowest BCUT2D eigenvalue weighted by molar-refractivity contribution is 0.0848. The molecule has 0 saturated carbocycles. The van der Waals surface area contributed by atoms with Crippen molar-refractivity contribution in [3.05, 3.63) is 54.2 Å². The fraction of sp³-hybridized carbons (Fsp3) is 0. The number of hydrogen-bond acceptors (Lipinski definition) is 3. The van der Waals surface area contributed by atoms with Gasteiger partial charge in [0.05, 0.1) is 14.2 Å². The summed E-state index contributed by atoms with van der Waals surface area (Å²) >= 11 is 6.65. The van der Waals surface area contributed by atoms with E-state index in [9.17, 15) is 9.59 Å². The number of hydrazine groups is 1. The van der Waals surface area contributed by atoms with Crippen molar-refractivity contribution >= 4 is 61.7 Å². The highest BCUT2D eigenvalue weighted by Crippen LogP contribution is 2.21. The number of hydrogen-bond donors (Lipinski definition) is 2. The third-order valence-corrected chi connectivity index (χ3v) is 4.77. The predicted octanol–water partition coefficient (Wildman–Crippen LogP) is 3.19. The first kappa shape index (κ1) is 14.5. The van der Waals surface area contributed by atoms with E-state index in [4.69, 9.17) is 0 Å². The molecule has 2 rings (SSSR count). The van der Waals surface area contributed by atoms with Gasteiger partial charge in [-0.1, -0.05) is 12.1 Å². The van der Waals surface area contributed by atoms with Crippen LogP contribution in [0.25, 0.3) is 0 Å². The molecule has 0 saturated heterocycles. The number of benzene rings is 1. The fourth-order valence-electron chi connectivity index (χ4n) is 1.32. The van der Waals surface area contributed by atoms with Crippen molar-refractivity contribution in [2.24, 2.45) is 0 Å². The number of thiophene rings is 1. The van der Waals surface area contributed by atoms with Gasteiger partial charge in [-0.05, 0) is 62.8 Å². The average Bonchev–Trinajstić information content (AvgIpc) is 2.83. The van der Waals surface area contributed by atoms with E-state index in [1.54, 1.807) is 24.3 Å². The summed E-state index contributed by atoms with van der Waals surface area (Å²) in [6.07, 6.45) is 0. The highest BCUT2D eigenvalue weighted by atomic mass is 127.